The van der Waals surface area contributed by atoms with Crippen LogP contribution in [-0.4, -0.2) is 48.2 Å². The minimum absolute atomic E-state index is 0.0473. The quantitative estimate of drug-likeness (QED) is 0.809. The van der Waals surface area contributed by atoms with Crippen molar-refractivity contribution < 1.29 is 8.42 Å². The first-order chi connectivity index (χ1) is 10.2. The molecule has 1 aromatic heterocycles. The van der Waals surface area contributed by atoms with Crippen LogP contribution in [0, 0.1) is 0 Å². The van der Waals surface area contributed by atoms with Crippen molar-refractivity contribution in [3.05, 3.63) is 47.2 Å². The summed E-state index contributed by atoms with van der Waals surface area (Å²) in [6.07, 6.45) is 4.99. The summed E-state index contributed by atoms with van der Waals surface area (Å²) >= 11 is 5.88. The molecule has 0 aliphatic rings. The van der Waals surface area contributed by atoms with E-state index in [-0.39, 0.29) is 11.8 Å². The largest absolute Gasteiger partial charge is 0.298 e. The first kappa shape index (κ1) is 17.0. The molecule has 0 aliphatic carbocycles. The normalized spacial score (nSPS) is 13.5. The summed E-state index contributed by atoms with van der Waals surface area (Å²) in [6.45, 7) is 2.55. The lowest BCUT2D eigenvalue weighted by Gasteiger charge is -2.23. The van der Waals surface area contributed by atoms with Crippen LogP contribution in [0.3, 0.4) is 0 Å². The van der Waals surface area contributed by atoms with Gasteiger partial charge in [-0.3, -0.25) is 4.90 Å². The Morgan fingerprint density at radius 3 is 2.55 bits per heavy atom. The summed E-state index contributed by atoms with van der Waals surface area (Å²) in [6, 6.07) is 7.38. The van der Waals surface area contributed by atoms with Crippen molar-refractivity contribution in [1.82, 2.24) is 14.7 Å². The summed E-state index contributed by atoms with van der Waals surface area (Å²) in [7, 11) is -1.07. The molecule has 0 saturated heterocycles. The minimum atomic E-state index is -2.98. The SMILES string of the molecule is C[C@@H](CS(C)(=O)=O)N(C)Cc1cnn(-c2ccc(Cl)cc2)c1. The molecule has 0 aliphatic heterocycles. The molecule has 0 radical (unpaired) electrons. The molecule has 1 aromatic carbocycles. The molecule has 1 atom stereocenters. The second-order valence-electron chi connectivity index (χ2n) is 5.63. The van der Waals surface area contributed by atoms with Crippen molar-refractivity contribution in [2.24, 2.45) is 0 Å². The van der Waals surface area contributed by atoms with Crippen molar-refractivity contribution >= 4 is 21.4 Å². The molecule has 120 valence electrons. The Bertz CT molecular complexity index is 726. The summed E-state index contributed by atoms with van der Waals surface area (Å²) in [4.78, 5) is 2.00. The highest BCUT2D eigenvalue weighted by Gasteiger charge is 2.16. The fourth-order valence-corrected chi connectivity index (χ4v) is 3.44. The number of benzene rings is 1. The Kier molecular flexibility index (Phi) is 5.26. The van der Waals surface area contributed by atoms with Gasteiger partial charge in [0.25, 0.3) is 0 Å². The number of rotatable bonds is 6. The number of nitrogens with zero attached hydrogens (tertiary/aromatic N) is 3. The van der Waals surface area contributed by atoms with Crippen LogP contribution in [0.25, 0.3) is 5.69 Å². The van der Waals surface area contributed by atoms with E-state index in [1.807, 2.05) is 49.3 Å². The zero-order valence-electron chi connectivity index (χ0n) is 12.9. The molecule has 0 amide bonds. The molecule has 2 rings (SSSR count). The second kappa shape index (κ2) is 6.81. The van der Waals surface area contributed by atoms with Crippen molar-refractivity contribution in [2.45, 2.75) is 19.5 Å². The van der Waals surface area contributed by atoms with Crippen molar-refractivity contribution in [3.8, 4) is 5.69 Å². The van der Waals surface area contributed by atoms with Gasteiger partial charge in [0.15, 0.2) is 0 Å². The zero-order chi connectivity index (χ0) is 16.3. The van der Waals surface area contributed by atoms with Gasteiger partial charge in [0.2, 0.25) is 0 Å². The highest BCUT2D eigenvalue weighted by atomic mass is 35.5. The molecule has 0 bridgehead atoms. The summed E-state index contributed by atoms with van der Waals surface area (Å²) in [5.41, 5.74) is 1.96. The van der Waals surface area contributed by atoms with E-state index in [0.29, 0.717) is 11.6 Å². The Morgan fingerprint density at radius 1 is 1.32 bits per heavy atom. The van der Waals surface area contributed by atoms with Gasteiger partial charge < -0.3 is 0 Å². The Labute approximate surface area is 136 Å². The average Bonchev–Trinajstić information content (AvgIpc) is 2.86. The molecule has 0 unspecified atom stereocenters. The molecule has 1 heterocycles. The topological polar surface area (TPSA) is 55.2 Å². The first-order valence-corrected chi connectivity index (χ1v) is 9.36. The molecule has 22 heavy (non-hydrogen) atoms. The van der Waals surface area contributed by atoms with E-state index < -0.39 is 9.84 Å². The number of aromatic nitrogens is 2. The number of hydrogen-bond donors (Lipinski definition) is 0. The lowest BCUT2D eigenvalue weighted by molar-refractivity contribution is 0.267. The molecule has 2 aromatic rings. The van der Waals surface area contributed by atoms with Crippen LogP contribution in [-0.2, 0) is 16.4 Å². The molecule has 0 spiro atoms. The molecule has 7 heteroatoms. The van der Waals surface area contributed by atoms with Crippen LogP contribution in [0.2, 0.25) is 5.02 Å². The highest BCUT2D eigenvalue weighted by molar-refractivity contribution is 7.90. The lowest BCUT2D eigenvalue weighted by Crippen LogP contribution is -2.34. The zero-order valence-corrected chi connectivity index (χ0v) is 14.5. The molecule has 5 nitrogen and oxygen atoms in total. The van der Waals surface area contributed by atoms with E-state index in [2.05, 4.69) is 5.10 Å². The number of halogens is 1. The third-order valence-corrected chi connectivity index (χ3v) is 4.80. The van der Waals surface area contributed by atoms with Crippen molar-refractivity contribution in [3.63, 3.8) is 0 Å². The lowest BCUT2D eigenvalue weighted by atomic mass is 10.3. The van der Waals surface area contributed by atoms with Gasteiger partial charge in [0.05, 0.1) is 17.6 Å². The van der Waals surface area contributed by atoms with Crippen LogP contribution in [0.15, 0.2) is 36.7 Å². The number of sulfone groups is 1. The fourth-order valence-electron chi connectivity index (χ4n) is 2.19. The van der Waals surface area contributed by atoms with E-state index >= 15 is 0 Å². The molecule has 0 saturated carbocycles. The summed E-state index contributed by atoms with van der Waals surface area (Å²) < 4.78 is 24.5. The van der Waals surface area contributed by atoms with Gasteiger partial charge in [-0.1, -0.05) is 11.6 Å². The van der Waals surface area contributed by atoms with Gasteiger partial charge in [-0.2, -0.15) is 5.10 Å². The molecular formula is C15H20ClN3O2S. The van der Waals surface area contributed by atoms with Gasteiger partial charge in [0, 0.05) is 35.6 Å². The van der Waals surface area contributed by atoms with Crippen LogP contribution >= 0.6 is 11.6 Å². The average molecular weight is 342 g/mol. The maximum Gasteiger partial charge on any atom is 0.148 e. The van der Waals surface area contributed by atoms with Gasteiger partial charge in [0.1, 0.15) is 9.84 Å². The van der Waals surface area contributed by atoms with Crippen LogP contribution in [0.4, 0.5) is 0 Å². The number of hydrogen-bond acceptors (Lipinski definition) is 4. The Morgan fingerprint density at radius 2 is 1.95 bits per heavy atom. The van der Waals surface area contributed by atoms with E-state index in [0.717, 1.165) is 11.3 Å². The van der Waals surface area contributed by atoms with Gasteiger partial charge >= 0.3 is 0 Å². The predicted octanol–water partition coefficient (Wildman–Crippen LogP) is 2.39. The van der Waals surface area contributed by atoms with E-state index in [9.17, 15) is 8.42 Å². The molecule has 0 fully saturated rings. The fraction of sp³-hybridized carbons (Fsp3) is 0.400. The molecule has 0 N–H and O–H groups in total. The standard InChI is InChI=1S/C15H20ClN3O2S/c1-12(11-22(3,20)21)18(2)9-13-8-17-19(10-13)15-6-4-14(16)5-7-15/h4-8,10,12H,9,11H2,1-3H3/t12-/m0/s1. The van der Waals surface area contributed by atoms with Gasteiger partial charge in [-0.15, -0.1) is 0 Å². The van der Waals surface area contributed by atoms with E-state index in [4.69, 9.17) is 11.6 Å². The highest BCUT2D eigenvalue weighted by Crippen LogP contribution is 2.14. The third-order valence-electron chi connectivity index (χ3n) is 3.46. The summed E-state index contributed by atoms with van der Waals surface area (Å²) in [5.74, 6) is 0.148. The van der Waals surface area contributed by atoms with Crippen LogP contribution in [0.1, 0.15) is 12.5 Å². The molecular weight excluding hydrogens is 322 g/mol. The first-order valence-electron chi connectivity index (χ1n) is 6.92. The Hall–Kier alpha value is -1.37. The maximum atomic E-state index is 11.4. The van der Waals surface area contributed by atoms with Crippen molar-refractivity contribution in [2.75, 3.05) is 19.1 Å². The van der Waals surface area contributed by atoms with E-state index in [1.165, 1.54) is 6.26 Å². The minimum Gasteiger partial charge on any atom is -0.298 e. The Balaban J connectivity index is 2.04. The van der Waals surface area contributed by atoms with Gasteiger partial charge in [-0.05, 0) is 38.2 Å². The maximum absolute atomic E-state index is 11.4. The van der Waals surface area contributed by atoms with E-state index in [1.54, 1.807) is 10.9 Å². The smallest absolute Gasteiger partial charge is 0.148 e. The third kappa shape index (κ3) is 4.83. The second-order valence-corrected chi connectivity index (χ2v) is 8.25. The van der Waals surface area contributed by atoms with Gasteiger partial charge in [-0.25, -0.2) is 13.1 Å². The monoisotopic (exact) mass is 341 g/mol. The van der Waals surface area contributed by atoms with Crippen molar-refractivity contribution in [1.29, 1.82) is 0 Å². The summed E-state index contributed by atoms with van der Waals surface area (Å²) in [5, 5.41) is 5.02. The van der Waals surface area contributed by atoms with Crippen LogP contribution < -0.4 is 0 Å². The predicted molar refractivity (Wildman–Crippen MR) is 89.2 cm³/mol. The van der Waals surface area contributed by atoms with Crippen LogP contribution in [0.5, 0.6) is 0 Å².